The number of hydrogen-bond acceptors (Lipinski definition) is 5. The molecule has 1 aromatic heterocycles. The van der Waals surface area contributed by atoms with Gasteiger partial charge in [0.25, 0.3) is 5.22 Å². The van der Waals surface area contributed by atoms with E-state index in [0.29, 0.717) is 11.1 Å². The number of aryl methyl sites for hydroxylation is 1. The first kappa shape index (κ1) is 16.7. The monoisotopic (exact) mass is 403 g/mol. The average molecular weight is 404 g/mol. The maximum absolute atomic E-state index is 12.0. The molecule has 5 nitrogen and oxygen atoms in total. The second kappa shape index (κ2) is 7.63. The maximum Gasteiger partial charge on any atom is 0.277 e. The van der Waals surface area contributed by atoms with Crippen molar-refractivity contribution in [3.63, 3.8) is 0 Å². The van der Waals surface area contributed by atoms with E-state index >= 15 is 0 Å². The molecule has 0 aliphatic heterocycles. The molecular weight excluding hydrogens is 390 g/mol. The van der Waals surface area contributed by atoms with E-state index in [1.807, 2.05) is 55.5 Å². The van der Waals surface area contributed by atoms with Crippen LogP contribution in [0.2, 0.25) is 0 Å². The lowest BCUT2D eigenvalue weighted by atomic mass is 10.1. The van der Waals surface area contributed by atoms with Crippen molar-refractivity contribution >= 4 is 39.3 Å². The summed E-state index contributed by atoms with van der Waals surface area (Å²) in [6.45, 7) is 2.02. The molecule has 0 saturated carbocycles. The van der Waals surface area contributed by atoms with E-state index in [2.05, 4.69) is 31.4 Å². The zero-order valence-electron chi connectivity index (χ0n) is 12.8. The Morgan fingerprint density at radius 1 is 1.17 bits per heavy atom. The molecule has 0 atom stereocenters. The minimum atomic E-state index is -0.137. The third kappa shape index (κ3) is 4.24. The lowest BCUT2D eigenvalue weighted by Gasteiger charge is -2.05. The third-order valence-electron chi connectivity index (χ3n) is 3.18. The Kier molecular flexibility index (Phi) is 5.32. The van der Waals surface area contributed by atoms with Crippen LogP contribution in [0.3, 0.4) is 0 Å². The fourth-order valence-electron chi connectivity index (χ4n) is 1.96. The second-order valence-electron chi connectivity index (χ2n) is 5.06. The Hall–Kier alpha value is -2.12. The minimum Gasteiger partial charge on any atom is -0.411 e. The van der Waals surface area contributed by atoms with Gasteiger partial charge in [-0.2, -0.15) is 0 Å². The number of anilines is 1. The van der Waals surface area contributed by atoms with Crippen LogP contribution in [-0.4, -0.2) is 21.9 Å². The smallest absolute Gasteiger partial charge is 0.277 e. The summed E-state index contributed by atoms with van der Waals surface area (Å²) in [6, 6.07) is 15.3. The third-order valence-corrected chi connectivity index (χ3v) is 4.69. The zero-order chi connectivity index (χ0) is 16.9. The number of nitrogens with zero attached hydrogens (tertiary/aromatic N) is 2. The Balaban J connectivity index is 1.58. The van der Waals surface area contributed by atoms with Crippen molar-refractivity contribution in [2.24, 2.45) is 0 Å². The number of para-hydroxylation sites is 1. The quantitative estimate of drug-likeness (QED) is 0.633. The highest BCUT2D eigenvalue weighted by molar-refractivity contribution is 9.10. The Bertz CT molecular complexity index is 849. The number of aromatic nitrogens is 2. The molecule has 0 radical (unpaired) electrons. The van der Waals surface area contributed by atoms with Crippen LogP contribution in [0.1, 0.15) is 5.56 Å². The fraction of sp³-hybridized carbons (Fsp3) is 0.118. The minimum absolute atomic E-state index is 0.137. The van der Waals surface area contributed by atoms with Crippen LogP contribution in [0, 0.1) is 6.92 Å². The molecule has 0 spiro atoms. The van der Waals surface area contributed by atoms with Crippen LogP contribution in [0.4, 0.5) is 5.69 Å². The lowest BCUT2D eigenvalue weighted by Crippen LogP contribution is -2.14. The molecule has 122 valence electrons. The largest absolute Gasteiger partial charge is 0.411 e. The standard InChI is InChI=1S/C17H14BrN3O2S/c1-11-6-8-12(9-7-11)16-20-21-17(23-16)24-10-15(22)19-14-5-3-2-4-13(14)18/h2-9H,10H2,1H3,(H,19,22). The van der Waals surface area contributed by atoms with Crippen molar-refractivity contribution in [1.82, 2.24) is 10.2 Å². The van der Waals surface area contributed by atoms with E-state index in [4.69, 9.17) is 4.42 Å². The highest BCUT2D eigenvalue weighted by Gasteiger charge is 2.12. The fourth-order valence-corrected chi connectivity index (χ4v) is 2.90. The molecule has 0 saturated heterocycles. The van der Waals surface area contributed by atoms with Crippen molar-refractivity contribution in [1.29, 1.82) is 0 Å². The number of nitrogens with one attached hydrogen (secondary N) is 1. The van der Waals surface area contributed by atoms with E-state index < -0.39 is 0 Å². The molecular formula is C17H14BrN3O2S. The average Bonchev–Trinajstić information content (AvgIpc) is 3.05. The van der Waals surface area contributed by atoms with Crippen molar-refractivity contribution in [2.45, 2.75) is 12.1 Å². The first-order valence-corrected chi connectivity index (χ1v) is 8.97. The number of halogens is 1. The van der Waals surface area contributed by atoms with E-state index in [9.17, 15) is 4.79 Å². The summed E-state index contributed by atoms with van der Waals surface area (Å²) in [7, 11) is 0. The molecule has 3 aromatic rings. The molecule has 3 rings (SSSR count). The topological polar surface area (TPSA) is 68.0 Å². The Morgan fingerprint density at radius 2 is 1.92 bits per heavy atom. The van der Waals surface area contributed by atoms with Crippen LogP contribution in [0.25, 0.3) is 11.5 Å². The maximum atomic E-state index is 12.0. The van der Waals surface area contributed by atoms with Crippen molar-refractivity contribution in [2.75, 3.05) is 11.1 Å². The number of hydrogen-bond donors (Lipinski definition) is 1. The van der Waals surface area contributed by atoms with Crippen molar-refractivity contribution < 1.29 is 9.21 Å². The number of amides is 1. The van der Waals surface area contributed by atoms with Crippen molar-refractivity contribution in [3.05, 3.63) is 58.6 Å². The SMILES string of the molecule is Cc1ccc(-c2nnc(SCC(=O)Nc3ccccc3Br)o2)cc1. The van der Waals surface area contributed by atoms with Gasteiger partial charge in [0.1, 0.15) is 0 Å². The Morgan fingerprint density at radius 3 is 2.67 bits per heavy atom. The summed E-state index contributed by atoms with van der Waals surface area (Å²) in [5.41, 5.74) is 2.75. The van der Waals surface area contributed by atoms with Gasteiger partial charge in [-0.05, 0) is 47.1 Å². The van der Waals surface area contributed by atoms with E-state index in [1.165, 1.54) is 11.8 Å². The molecule has 7 heteroatoms. The van der Waals surface area contributed by atoms with Gasteiger partial charge < -0.3 is 9.73 Å². The summed E-state index contributed by atoms with van der Waals surface area (Å²) in [6.07, 6.45) is 0. The van der Waals surface area contributed by atoms with Gasteiger partial charge in [0.2, 0.25) is 11.8 Å². The molecule has 0 fully saturated rings. The molecule has 0 aliphatic carbocycles. The van der Waals surface area contributed by atoms with E-state index in [1.54, 1.807) is 0 Å². The predicted octanol–water partition coefficient (Wildman–Crippen LogP) is 4.54. The summed E-state index contributed by atoms with van der Waals surface area (Å²) < 4.78 is 6.42. The first-order valence-electron chi connectivity index (χ1n) is 7.19. The summed E-state index contributed by atoms with van der Waals surface area (Å²) in [5.74, 6) is 0.502. The lowest BCUT2D eigenvalue weighted by molar-refractivity contribution is -0.113. The number of carbonyl (C=O) groups is 1. The number of thioether (sulfide) groups is 1. The van der Waals surface area contributed by atoms with E-state index in [0.717, 1.165) is 21.3 Å². The van der Waals surface area contributed by atoms with Gasteiger partial charge in [-0.3, -0.25) is 4.79 Å². The van der Waals surface area contributed by atoms with Crippen LogP contribution in [-0.2, 0) is 4.79 Å². The van der Waals surface area contributed by atoms with Crippen LogP contribution >= 0.6 is 27.7 Å². The van der Waals surface area contributed by atoms with Crippen LogP contribution in [0.15, 0.2) is 62.6 Å². The zero-order valence-corrected chi connectivity index (χ0v) is 15.2. The summed E-state index contributed by atoms with van der Waals surface area (Å²) in [4.78, 5) is 12.0. The second-order valence-corrected chi connectivity index (χ2v) is 6.84. The van der Waals surface area contributed by atoms with Crippen LogP contribution < -0.4 is 5.32 Å². The molecule has 1 amide bonds. The summed E-state index contributed by atoms with van der Waals surface area (Å²) >= 11 is 4.60. The highest BCUT2D eigenvalue weighted by atomic mass is 79.9. The van der Waals surface area contributed by atoms with Gasteiger partial charge >= 0.3 is 0 Å². The van der Waals surface area contributed by atoms with E-state index in [-0.39, 0.29) is 11.7 Å². The number of benzene rings is 2. The van der Waals surface area contributed by atoms with Gasteiger partial charge in [-0.15, -0.1) is 10.2 Å². The molecule has 0 aliphatic rings. The van der Waals surface area contributed by atoms with Gasteiger partial charge in [-0.25, -0.2) is 0 Å². The highest BCUT2D eigenvalue weighted by Crippen LogP contribution is 2.24. The molecule has 2 aromatic carbocycles. The van der Waals surface area contributed by atoms with Gasteiger partial charge in [0.05, 0.1) is 11.4 Å². The predicted molar refractivity (Wildman–Crippen MR) is 98.0 cm³/mol. The summed E-state index contributed by atoms with van der Waals surface area (Å²) in [5, 5.41) is 11.2. The number of carbonyl (C=O) groups excluding carboxylic acids is 1. The van der Waals surface area contributed by atoms with Gasteiger partial charge in [0, 0.05) is 10.0 Å². The first-order chi connectivity index (χ1) is 11.6. The molecule has 0 bridgehead atoms. The van der Waals surface area contributed by atoms with Crippen molar-refractivity contribution in [3.8, 4) is 11.5 Å². The number of rotatable bonds is 5. The molecule has 1 heterocycles. The van der Waals surface area contributed by atoms with Gasteiger partial charge in [0.15, 0.2) is 0 Å². The normalized spacial score (nSPS) is 10.6. The molecule has 1 N–H and O–H groups in total. The molecule has 24 heavy (non-hydrogen) atoms. The Labute approximate surface area is 152 Å². The van der Waals surface area contributed by atoms with Crippen LogP contribution in [0.5, 0.6) is 0 Å². The van der Waals surface area contributed by atoms with Gasteiger partial charge in [-0.1, -0.05) is 41.6 Å². The molecule has 0 unspecified atom stereocenters.